The molecule has 1 amide bonds. The van der Waals surface area contributed by atoms with Crippen molar-refractivity contribution in [1.82, 2.24) is 10.6 Å². The zero-order chi connectivity index (χ0) is 12.1. The van der Waals surface area contributed by atoms with E-state index in [2.05, 4.69) is 29.7 Å². The van der Waals surface area contributed by atoms with Crippen LogP contribution >= 0.6 is 23.1 Å². The van der Waals surface area contributed by atoms with Gasteiger partial charge in [0.25, 0.3) is 0 Å². The molecule has 1 aromatic rings. The minimum Gasteiger partial charge on any atom is -0.351 e. The molecule has 0 aliphatic carbocycles. The van der Waals surface area contributed by atoms with Gasteiger partial charge >= 0.3 is 0 Å². The van der Waals surface area contributed by atoms with Crippen molar-refractivity contribution in [3.63, 3.8) is 0 Å². The number of amides is 1. The van der Waals surface area contributed by atoms with Gasteiger partial charge in [0.05, 0.1) is 6.54 Å². The third-order valence-corrected chi connectivity index (χ3v) is 4.82. The second kappa shape index (κ2) is 6.42. The number of hydrogen-bond acceptors (Lipinski definition) is 4. The zero-order valence-corrected chi connectivity index (χ0v) is 11.6. The van der Waals surface area contributed by atoms with Crippen LogP contribution in [0.2, 0.25) is 0 Å². The van der Waals surface area contributed by atoms with Crippen LogP contribution in [0.3, 0.4) is 0 Å². The number of nitrogens with one attached hydrogen (secondary N) is 2. The Labute approximate surface area is 110 Å². The molecule has 1 aliphatic rings. The SMILES string of the molecule is Cc1ccc(CNC(=O)CC2CSCCN2)s1. The molecule has 5 heteroatoms. The van der Waals surface area contributed by atoms with Gasteiger partial charge in [-0.05, 0) is 19.1 Å². The Bertz CT molecular complexity index is 372. The van der Waals surface area contributed by atoms with Crippen molar-refractivity contribution in [2.45, 2.75) is 25.9 Å². The topological polar surface area (TPSA) is 41.1 Å². The Morgan fingerprint density at radius 1 is 1.59 bits per heavy atom. The number of thioether (sulfide) groups is 1. The van der Waals surface area contributed by atoms with Crippen molar-refractivity contribution in [1.29, 1.82) is 0 Å². The Kier molecular flexibility index (Phi) is 4.88. The highest BCUT2D eigenvalue weighted by molar-refractivity contribution is 7.99. The lowest BCUT2D eigenvalue weighted by Gasteiger charge is -2.22. The molecule has 0 aromatic carbocycles. The fourth-order valence-electron chi connectivity index (χ4n) is 1.81. The first-order chi connectivity index (χ1) is 8.24. The summed E-state index contributed by atoms with van der Waals surface area (Å²) in [5.41, 5.74) is 0. The van der Waals surface area contributed by atoms with Crippen LogP contribution in [-0.2, 0) is 11.3 Å². The van der Waals surface area contributed by atoms with Crippen LogP contribution in [0, 0.1) is 6.92 Å². The summed E-state index contributed by atoms with van der Waals surface area (Å²) in [6.07, 6.45) is 0.595. The number of hydrogen-bond donors (Lipinski definition) is 2. The molecule has 1 aliphatic heterocycles. The average Bonchev–Trinajstić information content (AvgIpc) is 2.74. The first-order valence-electron chi connectivity index (χ1n) is 5.87. The summed E-state index contributed by atoms with van der Waals surface area (Å²) < 4.78 is 0. The Morgan fingerprint density at radius 2 is 2.47 bits per heavy atom. The van der Waals surface area contributed by atoms with E-state index in [1.807, 2.05) is 11.8 Å². The van der Waals surface area contributed by atoms with Gasteiger partial charge in [0.15, 0.2) is 0 Å². The van der Waals surface area contributed by atoms with E-state index in [9.17, 15) is 4.79 Å². The molecular weight excluding hydrogens is 252 g/mol. The molecule has 2 rings (SSSR count). The van der Waals surface area contributed by atoms with Crippen LogP contribution in [0.25, 0.3) is 0 Å². The average molecular weight is 270 g/mol. The van der Waals surface area contributed by atoms with E-state index < -0.39 is 0 Å². The normalized spacial score (nSPS) is 20.2. The smallest absolute Gasteiger partial charge is 0.221 e. The van der Waals surface area contributed by atoms with E-state index in [-0.39, 0.29) is 5.91 Å². The van der Waals surface area contributed by atoms with Gasteiger partial charge in [-0.15, -0.1) is 11.3 Å². The van der Waals surface area contributed by atoms with Crippen molar-refractivity contribution >= 4 is 29.0 Å². The van der Waals surface area contributed by atoms with Crippen LogP contribution in [-0.4, -0.2) is 30.0 Å². The molecule has 1 unspecified atom stereocenters. The van der Waals surface area contributed by atoms with Crippen LogP contribution in [0.1, 0.15) is 16.2 Å². The lowest BCUT2D eigenvalue weighted by Crippen LogP contribution is -2.41. The molecule has 1 fully saturated rings. The van der Waals surface area contributed by atoms with Crippen molar-refractivity contribution in [2.75, 3.05) is 18.1 Å². The van der Waals surface area contributed by atoms with E-state index in [1.165, 1.54) is 9.75 Å². The second-order valence-corrected chi connectivity index (χ2v) is 6.74. The summed E-state index contributed by atoms with van der Waals surface area (Å²) in [5, 5.41) is 6.36. The van der Waals surface area contributed by atoms with Crippen LogP contribution < -0.4 is 10.6 Å². The molecule has 17 heavy (non-hydrogen) atoms. The Hall–Kier alpha value is -0.520. The molecule has 2 heterocycles. The van der Waals surface area contributed by atoms with Gasteiger partial charge in [0.2, 0.25) is 5.91 Å². The highest BCUT2D eigenvalue weighted by Crippen LogP contribution is 2.15. The van der Waals surface area contributed by atoms with Crippen LogP contribution in [0.15, 0.2) is 12.1 Å². The minimum atomic E-state index is 0.149. The van der Waals surface area contributed by atoms with Gasteiger partial charge < -0.3 is 10.6 Å². The molecule has 1 saturated heterocycles. The molecule has 2 N–H and O–H groups in total. The lowest BCUT2D eigenvalue weighted by atomic mass is 10.2. The van der Waals surface area contributed by atoms with Gasteiger partial charge in [-0.25, -0.2) is 0 Å². The van der Waals surface area contributed by atoms with Gasteiger partial charge in [-0.2, -0.15) is 11.8 Å². The van der Waals surface area contributed by atoms with E-state index in [1.54, 1.807) is 11.3 Å². The quantitative estimate of drug-likeness (QED) is 0.876. The maximum Gasteiger partial charge on any atom is 0.221 e. The first-order valence-corrected chi connectivity index (χ1v) is 7.84. The first kappa shape index (κ1) is 12.9. The van der Waals surface area contributed by atoms with E-state index in [0.717, 1.165) is 18.1 Å². The molecule has 94 valence electrons. The number of thiophene rings is 1. The molecule has 1 atom stereocenters. The molecule has 0 saturated carbocycles. The maximum atomic E-state index is 11.7. The molecule has 0 radical (unpaired) electrons. The maximum absolute atomic E-state index is 11.7. The lowest BCUT2D eigenvalue weighted by molar-refractivity contribution is -0.121. The summed E-state index contributed by atoms with van der Waals surface area (Å²) in [6.45, 7) is 3.77. The van der Waals surface area contributed by atoms with E-state index in [0.29, 0.717) is 19.0 Å². The standard InChI is InChI=1S/C12H18N2OS2/c1-9-2-3-11(17-9)7-14-12(15)6-10-8-16-5-4-13-10/h2-3,10,13H,4-8H2,1H3,(H,14,15). The fourth-order valence-corrected chi connectivity index (χ4v) is 3.59. The number of rotatable bonds is 4. The van der Waals surface area contributed by atoms with E-state index >= 15 is 0 Å². The molecule has 3 nitrogen and oxygen atoms in total. The van der Waals surface area contributed by atoms with Gasteiger partial charge in [-0.3, -0.25) is 4.79 Å². The van der Waals surface area contributed by atoms with Crippen molar-refractivity contribution in [3.05, 3.63) is 21.9 Å². The Balaban J connectivity index is 1.70. The zero-order valence-electron chi connectivity index (χ0n) is 9.99. The summed E-state index contributed by atoms with van der Waals surface area (Å²) >= 11 is 3.66. The highest BCUT2D eigenvalue weighted by Gasteiger charge is 2.16. The molecule has 0 spiro atoms. The van der Waals surface area contributed by atoms with Gasteiger partial charge in [0, 0.05) is 40.3 Å². The minimum absolute atomic E-state index is 0.149. The van der Waals surface area contributed by atoms with Crippen molar-refractivity contribution in [3.8, 4) is 0 Å². The largest absolute Gasteiger partial charge is 0.351 e. The summed E-state index contributed by atoms with van der Waals surface area (Å²) in [5.74, 6) is 2.36. The second-order valence-electron chi connectivity index (χ2n) is 4.22. The van der Waals surface area contributed by atoms with Gasteiger partial charge in [0.1, 0.15) is 0 Å². The number of carbonyl (C=O) groups is 1. The van der Waals surface area contributed by atoms with Crippen molar-refractivity contribution in [2.24, 2.45) is 0 Å². The van der Waals surface area contributed by atoms with Crippen molar-refractivity contribution < 1.29 is 4.79 Å². The third-order valence-electron chi connectivity index (χ3n) is 2.69. The van der Waals surface area contributed by atoms with Crippen LogP contribution in [0.5, 0.6) is 0 Å². The summed E-state index contributed by atoms with van der Waals surface area (Å²) in [6, 6.07) is 4.51. The van der Waals surface area contributed by atoms with Crippen LogP contribution in [0.4, 0.5) is 0 Å². The predicted octanol–water partition coefficient (Wildman–Crippen LogP) is 1.77. The molecule has 1 aromatic heterocycles. The summed E-state index contributed by atoms with van der Waals surface area (Å²) in [7, 11) is 0. The van der Waals surface area contributed by atoms with Gasteiger partial charge in [-0.1, -0.05) is 0 Å². The number of carbonyl (C=O) groups excluding carboxylic acids is 1. The number of aryl methyl sites for hydroxylation is 1. The molecule has 0 bridgehead atoms. The third kappa shape index (κ3) is 4.33. The van der Waals surface area contributed by atoms with E-state index in [4.69, 9.17) is 0 Å². The summed E-state index contributed by atoms with van der Waals surface area (Å²) in [4.78, 5) is 14.3. The fraction of sp³-hybridized carbons (Fsp3) is 0.583. The predicted molar refractivity (Wildman–Crippen MR) is 74.6 cm³/mol. The highest BCUT2D eigenvalue weighted by atomic mass is 32.2. The molecular formula is C12H18N2OS2. The monoisotopic (exact) mass is 270 g/mol. The Morgan fingerprint density at radius 3 is 3.12 bits per heavy atom.